The van der Waals surface area contributed by atoms with Crippen LogP contribution in [0.1, 0.15) is 15.9 Å². The number of para-hydroxylation sites is 1. The summed E-state index contributed by atoms with van der Waals surface area (Å²) in [5.74, 6) is 0.0582. The zero-order chi connectivity index (χ0) is 20.4. The Morgan fingerprint density at radius 3 is 2.76 bits per heavy atom. The SMILES string of the molecule is COc1cc(C(=O)N(C)Cc2cccc3[nH]cnc23)ccc1-c1cccc(F)c1. The van der Waals surface area contributed by atoms with E-state index in [1.807, 2.05) is 18.2 Å². The summed E-state index contributed by atoms with van der Waals surface area (Å²) >= 11 is 0. The molecule has 0 unspecified atom stereocenters. The lowest BCUT2D eigenvalue weighted by Crippen LogP contribution is -2.26. The van der Waals surface area contributed by atoms with Gasteiger partial charge in [-0.3, -0.25) is 4.79 Å². The first-order chi connectivity index (χ1) is 14.1. The van der Waals surface area contributed by atoms with Gasteiger partial charge in [0, 0.05) is 24.7 Å². The van der Waals surface area contributed by atoms with Gasteiger partial charge in [-0.05, 0) is 47.5 Å². The van der Waals surface area contributed by atoms with Gasteiger partial charge in [0.15, 0.2) is 0 Å². The van der Waals surface area contributed by atoms with E-state index in [1.165, 1.54) is 19.2 Å². The van der Waals surface area contributed by atoms with E-state index >= 15 is 0 Å². The van der Waals surface area contributed by atoms with Gasteiger partial charge in [-0.1, -0.05) is 24.3 Å². The van der Waals surface area contributed by atoms with Crippen molar-refractivity contribution in [3.63, 3.8) is 0 Å². The maximum atomic E-state index is 13.6. The number of carbonyl (C=O) groups is 1. The van der Waals surface area contributed by atoms with Gasteiger partial charge in [-0.25, -0.2) is 9.37 Å². The number of hydrogen-bond acceptors (Lipinski definition) is 3. The second-order valence-corrected chi connectivity index (χ2v) is 6.80. The highest BCUT2D eigenvalue weighted by Gasteiger charge is 2.17. The molecule has 3 aromatic carbocycles. The first-order valence-corrected chi connectivity index (χ1v) is 9.17. The molecule has 0 radical (unpaired) electrons. The molecule has 4 rings (SSSR count). The fourth-order valence-corrected chi connectivity index (χ4v) is 3.42. The molecule has 29 heavy (non-hydrogen) atoms. The minimum atomic E-state index is -0.322. The summed E-state index contributed by atoms with van der Waals surface area (Å²) in [6.45, 7) is 0.426. The van der Waals surface area contributed by atoms with Gasteiger partial charge in [0.1, 0.15) is 11.6 Å². The standard InChI is InChI=1S/C23H20FN3O2/c1-27(13-17-6-4-8-20-22(17)26-14-25-20)23(28)16-9-10-19(21(12-16)29-2)15-5-3-7-18(24)11-15/h3-12,14H,13H2,1-2H3,(H,25,26). The molecule has 5 nitrogen and oxygen atoms in total. The normalized spacial score (nSPS) is 10.9. The van der Waals surface area contributed by atoms with E-state index < -0.39 is 0 Å². The van der Waals surface area contributed by atoms with E-state index in [-0.39, 0.29) is 11.7 Å². The van der Waals surface area contributed by atoms with Crippen molar-refractivity contribution in [3.05, 3.63) is 83.9 Å². The number of benzene rings is 3. The quantitative estimate of drug-likeness (QED) is 0.541. The Morgan fingerprint density at radius 1 is 1.14 bits per heavy atom. The van der Waals surface area contributed by atoms with Crippen LogP contribution < -0.4 is 4.74 Å². The summed E-state index contributed by atoms with van der Waals surface area (Å²) in [6.07, 6.45) is 1.64. The van der Waals surface area contributed by atoms with Gasteiger partial charge >= 0.3 is 0 Å². The molecule has 4 aromatic rings. The summed E-state index contributed by atoms with van der Waals surface area (Å²) in [5.41, 5.74) is 4.67. The highest BCUT2D eigenvalue weighted by atomic mass is 19.1. The molecule has 1 N–H and O–H groups in total. The van der Waals surface area contributed by atoms with Crippen LogP contribution in [0.5, 0.6) is 5.75 Å². The molecule has 0 aliphatic carbocycles. The molecule has 0 saturated carbocycles. The molecule has 0 aliphatic heterocycles. The number of H-pyrrole nitrogens is 1. The van der Waals surface area contributed by atoms with Crippen molar-refractivity contribution in [2.45, 2.75) is 6.54 Å². The Bertz CT molecular complexity index is 1190. The maximum Gasteiger partial charge on any atom is 0.254 e. The molecule has 1 aromatic heterocycles. The van der Waals surface area contributed by atoms with Crippen LogP contribution in [-0.2, 0) is 6.54 Å². The van der Waals surface area contributed by atoms with Gasteiger partial charge in [0.05, 0.1) is 24.5 Å². The summed E-state index contributed by atoms with van der Waals surface area (Å²) < 4.78 is 19.1. The van der Waals surface area contributed by atoms with Crippen molar-refractivity contribution in [1.29, 1.82) is 0 Å². The van der Waals surface area contributed by atoms with Gasteiger partial charge < -0.3 is 14.6 Å². The number of carbonyl (C=O) groups excluding carboxylic acids is 1. The van der Waals surface area contributed by atoms with Gasteiger partial charge in [0.25, 0.3) is 5.91 Å². The van der Waals surface area contributed by atoms with Crippen LogP contribution in [0, 0.1) is 5.82 Å². The van der Waals surface area contributed by atoms with Crippen molar-refractivity contribution in [2.75, 3.05) is 14.2 Å². The van der Waals surface area contributed by atoms with Crippen LogP contribution in [-0.4, -0.2) is 34.9 Å². The molecule has 1 amide bonds. The average molecular weight is 389 g/mol. The number of halogens is 1. The molecular formula is C23H20FN3O2. The molecule has 0 saturated heterocycles. The van der Waals surface area contributed by atoms with Gasteiger partial charge in [-0.2, -0.15) is 0 Å². The molecule has 0 atom stereocenters. The molecule has 1 heterocycles. The van der Waals surface area contributed by atoms with Crippen molar-refractivity contribution in [3.8, 4) is 16.9 Å². The monoisotopic (exact) mass is 389 g/mol. The fraction of sp³-hybridized carbons (Fsp3) is 0.130. The highest BCUT2D eigenvalue weighted by Crippen LogP contribution is 2.31. The van der Waals surface area contributed by atoms with Crippen LogP contribution in [0.4, 0.5) is 4.39 Å². The van der Waals surface area contributed by atoms with Gasteiger partial charge in [-0.15, -0.1) is 0 Å². The number of amides is 1. The van der Waals surface area contributed by atoms with E-state index in [4.69, 9.17) is 4.74 Å². The Morgan fingerprint density at radius 2 is 1.97 bits per heavy atom. The number of aromatic nitrogens is 2. The van der Waals surface area contributed by atoms with Crippen molar-refractivity contribution in [2.24, 2.45) is 0 Å². The van der Waals surface area contributed by atoms with Crippen molar-refractivity contribution >= 4 is 16.9 Å². The van der Waals surface area contributed by atoms with Crippen molar-refractivity contribution < 1.29 is 13.9 Å². The number of rotatable bonds is 5. The van der Waals surface area contributed by atoms with E-state index in [0.29, 0.717) is 23.4 Å². The van der Waals surface area contributed by atoms with Crippen LogP contribution in [0.25, 0.3) is 22.2 Å². The highest BCUT2D eigenvalue weighted by molar-refractivity contribution is 5.95. The number of aromatic amines is 1. The molecule has 0 fully saturated rings. The first-order valence-electron chi connectivity index (χ1n) is 9.17. The Labute approximate surface area is 167 Å². The molecular weight excluding hydrogens is 369 g/mol. The van der Waals surface area contributed by atoms with E-state index in [1.54, 1.807) is 48.6 Å². The lowest BCUT2D eigenvalue weighted by Gasteiger charge is -2.19. The number of nitrogens with one attached hydrogen (secondary N) is 1. The van der Waals surface area contributed by atoms with Crippen LogP contribution in [0.2, 0.25) is 0 Å². The third-order valence-electron chi connectivity index (χ3n) is 4.87. The summed E-state index contributed by atoms with van der Waals surface area (Å²) in [4.78, 5) is 22.0. The number of methoxy groups -OCH3 is 1. The van der Waals surface area contributed by atoms with E-state index in [0.717, 1.165) is 22.2 Å². The van der Waals surface area contributed by atoms with Crippen molar-refractivity contribution in [1.82, 2.24) is 14.9 Å². The predicted molar refractivity (Wildman–Crippen MR) is 110 cm³/mol. The summed E-state index contributed by atoms with van der Waals surface area (Å²) in [7, 11) is 3.29. The molecule has 0 spiro atoms. The second-order valence-electron chi connectivity index (χ2n) is 6.80. The molecule has 6 heteroatoms. The lowest BCUT2D eigenvalue weighted by atomic mass is 10.0. The van der Waals surface area contributed by atoms with Gasteiger partial charge in [0.2, 0.25) is 0 Å². The third kappa shape index (κ3) is 3.69. The maximum absolute atomic E-state index is 13.6. The fourth-order valence-electron chi connectivity index (χ4n) is 3.42. The first kappa shape index (κ1) is 18.7. The lowest BCUT2D eigenvalue weighted by molar-refractivity contribution is 0.0785. The Balaban J connectivity index is 1.60. The number of fused-ring (bicyclic) bond motifs is 1. The zero-order valence-electron chi connectivity index (χ0n) is 16.1. The summed E-state index contributed by atoms with van der Waals surface area (Å²) in [5, 5.41) is 0. The minimum absolute atomic E-state index is 0.137. The number of nitrogens with zero attached hydrogens (tertiary/aromatic N) is 2. The average Bonchev–Trinajstić information content (AvgIpc) is 3.22. The zero-order valence-corrected chi connectivity index (χ0v) is 16.1. The number of hydrogen-bond donors (Lipinski definition) is 1. The predicted octanol–water partition coefficient (Wildman–Crippen LogP) is 4.65. The Kier molecular flexibility index (Phi) is 4.99. The largest absolute Gasteiger partial charge is 0.496 e. The molecule has 0 bridgehead atoms. The molecule has 0 aliphatic rings. The number of ether oxygens (including phenoxy) is 1. The smallest absolute Gasteiger partial charge is 0.254 e. The van der Waals surface area contributed by atoms with Crippen LogP contribution >= 0.6 is 0 Å². The second kappa shape index (κ2) is 7.75. The van der Waals surface area contributed by atoms with Crippen LogP contribution in [0.15, 0.2) is 67.0 Å². The topological polar surface area (TPSA) is 58.2 Å². The van der Waals surface area contributed by atoms with E-state index in [2.05, 4.69) is 9.97 Å². The van der Waals surface area contributed by atoms with E-state index in [9.17, 15) is 9.18 Å². The third-order valence-corrected chi connectivity index (χ3v) is 4.87. The molecule has 146 valence electrons. The number of imidazole rings is 1. The summed E-state index contributed by atoms with van der Waals surface area (Å²) in [6, 6.07) is 17.3. The minimum Gasteiger partial charge on any atom is -0.496 e. The Hall–Kier alpha value is -3.67. The van der Waals surface area contributed by atoms with Crippen LogP contribution in [0.3, 0.4) is 0 Å².